The molecule has 9 heteroatoms. The van der Waals surface area contributed by atoms with E-state index in [2.05, 4.69) is 4.98 Å². The lowest BCUT2D eigenvalue weighted by atomic mass is 10.2. The summed E-state index contributed by atoms with van der Waals surface area (Å²) in [6.07, 6.45) is 0. The van der Waals surface area contributed by atoms with E-state index in [0.717, 1.165) is 0 Å². The molecule has 0 radical (unpaired) electrons. The predicted molar refractivity (Wildman–Crippen MR) is 124 cm³/mol. The summed E-state index contributed by atoms with van der Waals surface area (Å²) in [4.78, 5) is 17.8. The molecular formula is C22H17ClN2O4S2. The van der Waals surface area contributed by atoms with Gasteiger partial charge in [-0.05, 0) is 48.5 Å². The topological polar surface area (TPSA) is 78.3 Å². The summed E-state index contributed by atoms with van der Waals surface area (Å²) in [5.74, 6) is 0.179. The van der Waals surface area contributed by atoms with Crippen molar-refractivity contribution >= 4 is 44.4 Å². The van der Waals surface area contributed by atoms with Crippen LogP contribution in [0, 0.1) is 0 Å². The Morgan fingerprint density at radius 3 is 2.35 bits per heavy atom. The fourth-order valence-electron chi connectivity index (χ4n) is 2.93. The van der Waals surface area contributed by atoms with Gasteiger partial charge in [0, 0.05) is 10.8 Å². The zero-order valence-electron chi connectivity index (χ0n) is 16.1. The van der Waals surface area contributed by atoms with Gasteiger partial charge in [-0.1, -0.05) is 53.7 Å². The quantitative estimate of drug-likeness (QED) is 0.223. The largest absolute Gasteiger partial charge is 0.382 e. The molecule has 0 fully saturated rings. The predicted octanol–water partition coefficient (Wildman–Crippen LogP) is 4.54. The van der Waals surface area contributed by atoms with Crippen LogP contribution in [0.25, 0.3) is 16.6 Å². The number of benzene rings is 3. The smallest absolute Gasteiger partial charge is 0.310 e. The van der Waals surface area contributed by atoms with Gasteiger partial charge in [-0.3, -0.25) is 9.36 Å². The van der Waals surface area contributed by atoms with Gasteiger partial charge < -0.3 is 4.18 Å². The average molecular weight is 473 g/mol. The van der Waals surface area contributed by atoms with Crippen molar-refractivity contribution in [3.05, 3.63) is 94.2 Å². The normalized spacial score (nSPS) is 11.5. The molecule has 1 aromatic heterocycles. The molecule has 0 atom stereocenters. The van der Waals surface area contributed by atoms with Crippen LogP contribution in [-0.4, -0.2) is 29.5 Å². The van der Waals surface area contributed by atoms with Crippen LogP contribution in [0.5, 0.6) is 5.75 Å². The highest BCUT2D eigenvalue weighted by Crippen LogP contribution is 2.23. The van der Waals surface area contributed by atoms with Crippen molar-refractivity contribution in [2.75, 3.05) is 11.5 Å². The van der Waals surface area contributed by atoms with Gasteiger partial charge in [0.05, 0.1) is 22.3 Å². The first-order valence-electron chi connectivity index (χ1n) is 9.31. The maximum absolute atomic E-state index is 13.2. The first-order chi connectivity index (χ1) is 14.9. The van der Waals surface area contributed by atoms with E-state index >= 15 is 0 Å². The maximum atomic E-state index is 13.2. The van der Waals surface area contributed by atoms with Gasteiger partial charge >= 0.3 is 10.1 Å². The zero-order chi connectivity index (χ0) is 21.8. The SMILES string of the molecule is O=c1c2ccccc2nc(SCCS(=O)(=O)Oc2ccccc2)n1-c1ccc(Cl)cc1. The van der Waals surface area contributed by atoms with E-state index in [1.54, 1.807) is 78.9 Å². The first-order valence-corrected chi connectivity index (χ1v) is 12.2. The van der Waals surface area contributed by atoms with E-state index in [9.17, 15) is 13.2 Å². The van der Waals surface area contributed by atoms with Crippen molar-refractivity contribution in [1.82, 2.24) is 9.55 Å². The molecule has 4 rings (SSSR count). The van der Waals surface area contributed by atoms with Crippen molar-refractivity contribution in [2.24, 2.45) is 0 Å². The fourth-order valence-corrected chi connectivity index (χ4v) is 5.35. The molecule has 0 aliphatic carbocycles. The molecule has 4 aromatic rings. The summed E-state index contributed by atoms with van der Waals surface area (Å²) in [7, 11) is -3.79. The highest BCUT2D eigenvalue weighted by atomic mass is 35.5. The van der Waals surface area contributed by atoms with Crippen molar-refractivity contribution in [1.29, 1.82) is 0 Å². The number of thioether (sulfide) groups is 1. The molecule has 0 saturated carbocycles. The third kappa shape index (κ3) is 5.10. The number of para-hydroxylation sites is 2. The van der Waals surface area contributed by atoms with Crippen LogP contribution < -0.4 is 9.74 Å². The molecule has 0 N–H and O–H groups in total. The summed E-state index contributed by atoms with van der Waals surface area (Å²) in [6, 6.07) is 22.2. The Hall–Kier alpha value is -2.81. The maximum Gasteiger partial charge on any atom is 0.310 e. The van der Waals surface area contributed by atoms with E-state index in [4.69, 9.17) is 15.8 Å². The summed E-state index contributed by atoms with van der Waals surface area (Å²) in [5, 5.41) is 1.41. The molecule has 0 spiro atoms. The van der Waals surface area contributed by atoms with Crippen LogP contribution in [0.1, 0.15) is 0 Å². The van der Waals surface area contributed by atoms with Crippen LogP contribution in [0.3, 0.4) is 0 Å². The molecule has 0 amide bonds. The highest BCUT2D eigenvalue weighted by molar-refractivity contribution is 8.00. The summed E-state index contributed by atoms with van der Waals surface area (Å²) in [6.45, 7) is 0. The van der Waals surface area contributed by atoms with Crippen LogP contribution in [-0.2, 0) is 10.1 Å². The van der Waals surface area contributed by atoms with E-state index in [1.807, 2.05) is 0 Å². The highest BCUT2D eigenvalue weighted by Gasteiger charge is 2.17. The monoisotopic (exact) mass is 472 g/mol. The number of rotatable bonds is 7. The van der Waals surface area contributed by atoms with Crippen molar-refractivity contribution in [3.63, 3.8) is 0 Å². The van der Waals surface area contributed by atoms with E-state index in [-0.39, 0.29) is 22.8 Å². The standard InChI is InChI=1S/C22H17ClN2O4S2/c23-16-10-12-17(13-11-16)25-21(26)19-8-4-5-9-20(19)24-22(25)30-14-15-31(27,28)29-18-6-2-1-3-7-18/h1-13H,14-15H2. The Bertz CT molecular complexity index is 1370. The minimum atomic E-state index is -3.79. The van der Waals surface area contributed by atoms with Crippen LogP contribution in [0.15, 0.2) is 88.8 Å². The Balaban J connectivity index is 1.63. The molecule has 3 aromatic carbocycles. The van der Waals surface area contributed by atoms with E-state index in [1.165, 1.54) is 16.3 Å². The fraction of sp³-hybridized carbons (Fsp3) is 0.0909. The van der Waals surface area contributed by atoms with Gasteiger partial charge in [0.15, 0.2) is 5.16 Å². The number of fused-ring (bicyclic) bond motifs is 1. The Morgan fingerprint density at radius 1 is 0.935 bits per heavy atom. The lowest BCUT2D eigenvalue weighted by Gasteiger charge is -2.13. The van der Waals surface area contributed by atoms with Crippen molar-refractivity contribution < 1.29 is 12.6 Å². The average Bonchev–Trinajstić information content (AvgIpc) is 2.75. The lowest BCUT2D eigenvalue weighted by Crippen LogP contribution is -2.22. The van der Waals surface area contributed by atoms with Crippen LogP contribution in [0.2, 0.25) is 5.02 Å². The van der Waals surface area contributed by atoms with Crippen molar-refractivity contribution in [3.8, 4) is 11.4 Å². The number of hydrogen-bond donors (Lipinski definition) is 0. The third-order valence-electron chi connectivity index (χ3n) is 4.36. The molecule has 0 aliphatic heterocycles. The molecule has 0 bridgehead atoms. The lowest BCUT2D eigenvalue weighted by molar-refractivity contribution is 0.488. The second-order valence-electron chi connectivity index (χ2n) is 6.54. The molecule has 6 nitrogen and oxygen atoms in total. The second-order valence-corrected chi connectivity index (χ2v) is 9.72. The Labute approximate surface area is 188 Å². The molecule has 0 aliphatic rings. The van der Waals surface area contributed by atoms with Gasteiger partial charge in [-0.25, -0.2) is 4.98 Å². The first kappa shape index (κ1) is 21.4. The third-order valence-corrected chi connectivity index (χ3v) is 6.96. The van der Waals surface area contributed by atoms with E-state index in [0.29, 0.717) is 26.8 Å². The second kappa shape index (κ2) is 9.13. The van der Waals surface area contributed by atoms with E-state index < -0.39 is 10.1 Å². The molecule has 31 heavy (non-hydrogen) atoms. The molecular weight excluding hydrogens is 456 g/mol. The molecule has 0 unspecified atom stereocenters. The Morgan fingerprint density at radius 2 is 1.61 bits per heavy atom. The summed E-state index contributed by atoms with van der Waals surface area (Å²) in [5.41, 5.74) is 0.904. The van der Waals surface area contributed by atoms with Crippen LogP contribution >= 0.6 is 23.4 Å². The van der Waals surface area contributed by atoms with Gasteiger partial charge in [-0.2, -0.15) is 8.42 Å². The van der Waals surface area contributed by atoms with Gasteiger partial charge in [0.1, 0.15) is 5.75 Å². The van der Waals surface area contributed by atoms with Crippen LogP contribution in [0.4, 0.5) is 0 Å². The van der Waals surface area contributed by atoms with Gasteiger partial charge in [0.2, 0.25) is 0 Å². The van der Waals surface area contributed by atoms with Gasteiger partial charge in [0.25, 0.3) is 5.56 Å². The van der Waals surface area contributed by atoms with Gasteiger partial charge in [-0.15, -0.1) is 0 Å². The summed E-state index contributed by atoms with van der Waals surface area (Å²) >= 11 is 7.16. The molecule has 1 heterocycles. The summed E-state index contributed by atoms with van der Waals surface area (Å²) < 4.78 is 31.2. The number of halogens is 1. The minimum absolute atomic E-state index is 0.160. The zero-order valence-corrected chi connectivity index (χ0v) is 18.5. The minimum Gasteiger partial charge on any atom is -0.382 e. The molecule has 158 valence electrons. The Kier molecular flexibility index (Phi) is 6.31. The number of hydrogen-bond acceptors (Lipinski definition) is 6. The number of nitrogens with zero attached hydrogens (tertiary/aromatic N) is 2. The molecule has 0 saturated heterocycles. The van der Waals surface area contributed by atoms with Crippen molar-refractivity contribution in [2.45, 2.75) is 5.16 Å². The number of aromatic nitrogens is 2.